The van der Waals surface area contributed by atoms with E-state index in [0.717, 1.165) is 0 Å². The molecular weight excluding hydrogens is 96.9 g/mol. The van der Waals surface area contributed by atoms with Crippen molar-refractivity contribution in [1.29, 1.82) is 0 Å². The molecule has 0 fully saturated rings. The predicted octanol–water partition coefficient (Wildman–Crippen LogP) is 0.941. The number of hydrogen-bond acceptors (Lipinski definition) is 0. The Balaban J connectivity index is 0. The molecule has 0 rings (SSSR count). The van der Waals surface area contributed by atoms with Crippen LogP contribution in [-0.2, 0) is 0 Å². The Morgan fingerprint density at radius 3 is 1.25 bits per heavy atom. The predicted molar refractivity (Wildman–Crippen MR) is 18.7 cm³/mol. The number of alkyl halides is 2. The molecule has 0 saturated carbocycles. The van der Waals surface area contributed by atoms with Crippen LogP contribution in [0.4, 0.5) is 0 Å². The quantitative estimate of drug-likeness (QED) is 0.404. The van der Waals surface area contributed by atoms with Gasteiger partial charge in [-0.25, -0.2) is 0 Å². The Bertz CT molecular complexity index is 6.00. The van der Waals surface area contributed by atoms with Crippen molar-refractivity contribution in [2.75, 3.05) is 5.34 Å². The minimum absolute atomic E-state index is 0. The molecular formula is CH2Cl2N. The van der Waals surface area contributed by atoms with E-state index in [1.54, 1.807) is 0 Å². The van der Waals surface area contributed by atoms with E-state index in [1.165, 1.54) is 0 Å². The fourth-order valence-electron chi connectivity index (χ4n) is 0. The van der Waals surface area contributed by atoms with Gasteiger partial charge < -0.3 is 0 Å². The Morgan fingerprint density at radius 2 is 1.25 bits per heavy atom. The Morgan fingerprint density at radius 1 is 1.25 bits per heavy atom. The van der Waals surface area contributed by atoms with Gasteiger partial charge in [-0.1, -0.05) is 0 Å². The van der Waals surface area contributed by atoms with Crippen molar-refractivity contribution in [3.05, 3.63) is 0 Å². The van der Waals surface area contributed by atoms with Gasteiger partial charge >= 0.3 is 0 Å². The summed E-state index contributed by atoms with van der Waals surface area (Å²) in [7, 11) is 0. The Labute approximate surface area is 35.5 Å². The smallest absolute Gasteiger partial charge is 0.0967 e. The van der Waals surface area contributed by atoms with Gasteiger partial charge in [0.05, 0.1) is 5.34 Å². The zero-order valence-electron chi connectivity index (χ0n) is 1.91. The molecule has 0 amide bonds. The second kappa shape index (κ2) is 9.63. The molecule has 25 valence electrons. The van der Waals surface area contributed by atoms with Crippen LogP contribution in [0.2, 0.25) is 0 Å². The van der Waals surface area contributed by atoms with Crippen molar-refractivity contribution < 1.29 is 0 Å². The van der Waals surface area contributed by atoms with Gasteiger partial charge in [-0.2, -0.15) is 0 Å². The van der Waals surface area contributed by atoms with E-state index in [-0.39, 0.29) is 11.5 Å². The van der Waals surface area contributed by atoms with Crippen LogP contribution in [0.1, 0.15) is 0 Å². The van der Waals surface area contributed by atoms with E-state index >= 15 is 0 Å². The molecule has 0 spiro atoms. The average Bonchev–Trinajstić information content (AvgIpc) is 0.918. The average molecular weight is 98.9 g/mol. The third-order valence-corrected chi connectivity index (χ3v) is 0. The Hall–Kier alpha value is 0.540. The van der Waals surface area contributed by atoms with E-state index in [2.05, 4.69) is 0 Å². The third kappa shape index (κ3) is 20.7. The topological polar surface area (TPSA) is 30.5 Å². The summed E-state index contributed by atoms with van der Waals surface area (Å²) in [4.78, 5) is 0. The van der Waals surface area contributed by atoms with Crippen molar-refractivity contribution in [3.63, 3.8) is 0 Å². The van der Waals surface area contributed by atoms with E-state index < -0.39 is 0 Å². The molecule has 0 N–H and O–H groups in total. The number of halogens is 2. The summed E-state index contributed by atoms with van der Waals surface area (Å²) < 4.78 is 0. The summed E-state index contributed by atoms with van der Waals surface area (Å²) in [5.41, 5.74) is 0. The Kier molecular flexibility index (Phi) is 21.2. The standard InChI is InChI=1S/CH2Cl2.N/c2-1-3;/h1H2;. The van der Waals surface area contributed by atoms with Crippen LogP contribution in [0.5, 0.6) is 0 Å². The molecule has 0 aromatic rings. The first kappa shape index (κ1) is 8.82. The summed E-state index contributed by atoms with van der Waals surface area (Å²) in [5, 5.41) is 0.194. The molecule has 0 unspecified atom stereocenters. The van der Waals surface area contributed by atoms with Gasteiger partial charge in [0, 0.05) is 6.15 Å². The molecule has 0 aliphatic carbocycles. The highest BCUT2D eigenvalue weighted by atomic mass is 35.5. The van der Waals surface area contributed by atoms with E-state index in [0.29, 0.717) is 0 Å². The van der Waals surface area contributed by atoms with Crippen LogP contribution in [0.3, 0.4) is 0 Å². The highest BCUT2D eigenvalue weighted by molar-refractivity contribution is 6.40. The lowest BCUT2D eigenvalue weighted by atomic mass is 11.9. The van der Waals surface area contributed by atoms with Gasteiger partial charge in [-0.3, -0.25) is 0 Å². The summed E-state index contributed by atoms with van der Waals surface area (Å²) in [6, 6.07) is 0. The van der Waals surface area contributed by atoms with Gasteiger partial charge in [-0.05, 0) is 0 Å². The van der Waals surface area contributed by atoms with Gasteiger partial charge in [0.2, 0.25) is 0 Å². The van der Waals surface area contributed by atoms with E-state index in [9.17, 15) is 0 Å². The second-order valence-corrected chi connectivity index (χ2v) is 0.909. The lowest BCUT2D eigenvalue weighted by Gasteiger charge is -1.42. The first-order valence-corrected chi connectivity index (χ1v) is 1.60. The summed E-state index contributed by atoms with van der Waals surface area (Å²) >= 11 is 9.53. The molecule has 0 aromatic carbocycles. The fraction of sp³-hybridized carbons (Fsp3) is 1.00. The number of nitrogens with zero attached hydrogens (tertiary/aromatic N) is 1. The maximum Gasteiger partial charge on any atom is 0.0967 e. The lowest BCUT2D eigenvalue weighted by Crippen LogP contribution is -1.24. The maximum absolute atomic E-state index is 4.76. The van der Waals surface area contributed by atoms with Crippen LogP contribution in [0, 0.1) is 0 Å². The molecule has 0 aromatic heterocycles. The molecule has 0 atom stereocenters. The van der Waals surface area contributed by atoms with Gasteiger partial charge in [0.1, 0.15) is 0 Å². The minimum Gasteiger partial charge on any atom is -0.109 e. The molecule has 1 nitrogen and oxygen atoms in total. The first-order chi connectivity index (χ1) is 1.41. The summed E-state index contributed by atoms with van der Waals surface area (Å²) in [5.74, 6) is 0. The number of rotatable bonds is 0. The van der Waals surface area contributed by atoms with Crippen LogP contribution in [0.15, 0.2) is 0 Å². The molecule has 3 radical (unpaired) electrons. The fourth-order valence-corrected chi connectivity index (χ4v) is 0. The van der Waals surface area contributed by atoms with Crippen LogP contribution in [-0.4, -0.2) is 5.34 Å². The molecule has 0 aliphatic heterocycles. The van der Waals surface area contributed by atoms with Crippen molar-refractivity contribution in [2.24, 2.45) is 0 Å². The SMILES string of the molecule is ClCCl.[N]. The monoisotopic (exact) mass is 98.0 g/mol. The normalized spacial score (nSPS) is 4.50. The van der Waals surface area contributed by atoms with E-state index in [4.69, 9.17) is 23.2 Å². The van der Waals surface area contributed by atoms with Crippen molar-refractivity contribution in [2.45, 2.75) is 0 Å². The molecule has 4 heavy (non-hydrogen) atoms. The lowest BCUT2D eigenvalue weighted by molar-refractivity contribution is 2.13. The van der Waals surface area contributed by atoms with Gasteiger partial charge in [-0.15, -0.1) is 23.2 Å². The summed E-state index contributed by atoms with van der Waals surface area (Å²) in [6.07, 6.45) is 0. The molecule has 0 bridgehead atoms. The van der Waals surface area contributed by atoms with Crippen LogP contribution >= 0.6 is 23.2 Å². The highest BCUT2D eigenvalue weighted by Crippen LogP contribution is 1.73. The van der Waals surface area contributed by atoms with Crippen molar-refractivity contribution in [3.8, 4) is 0 Å². The molecule has 0 heterocycles. The van der Waals surface area contributed by atoms with E-state index in [1.807, 2.05) is 0 Å². The van der Waals surface area contributed by atoms with Crippen LogP contribution < -0.4 is 6.15 Å². The van der Waals surface area contributed by atoms with Crippen molar-refractivity contribution in [1.82, 2.24) is 6.15 Å². The molecule has 0 aliphatic rings. The molecule has 0 saturated heterocycles. The van der Waals surface area contributed by atoms with Crippen molar-refractivity contribution >= 4 is 23.2 Å². The first-order valence-electron chi connectivity index (χ1n) is 0.535. The van der Waals surface area contributed by atoms with Gasteiger partial charge in [0.25, 0.3) is 0 Å². The number of hydrogen-bond donors (Lipinski definition) is 0. The maximum atomic E-state index is 4.76. The van der Waals surface area contributed by atoms with Gasteiger partial charge in [0.15, 0.2) is 0 Å². The molecule has 3 heteroatoms. The third-order valence-electron chi connectivity index (χ3n) is 0. The zero-order valence-corrected chi connectivity index (χ0v) is 3.42. The van der Waals surface area contributed by atoms with Crippen LogP contribution in [0.25, 0.3) is 0 Å². The summed E-state index contributed by atoms with van der Waals surface area (Å²) in [6.45, 7) is 0. The highest BCUT2D eigenvalue weighted by Gasteiger charge is 1.41. The largest absolute Gasteiger partial charge is 0.109 e. The minimum atomic E-state index is 0. The second-order valence-electron chi connectivity index (χ2n) is 0.101. The zero-order chi connectivity index (χ0) is 2.71.